The first-order valence-electron chi connectivity index (χ1n) is 17.0. The second-order valence-electron chi connectivity index (χ2n) is 12.4. The number of para-hydroxylation sites is 1. The van der Waals surface area contributed by atoms with Crippen molar-refractivity contribution in [3.05, 3.63) is 161 Å². The molecule has 0 spiro atoms. The summed E-state index contributed by atoms with van der Waals surface area (Å²) in [5.41, 5.74) is 5.30. The summed E-state index contributed by atoms with van der Waals surface area (Å²) >= 11 is 0. The molecular formula is C43H39F2N3O5. The average molecular weight is 716 g/mol. The quantitative estimate of drug-likeness (QED) is 0.0817. The maximum Gasteiger partial charge on any atom is 0.253 e. The number of hydrogen-bond donors (Lipinski definition) is 2. The summed E-state index contributed by atoms with van der Waals surface area (Å²) in [6.07, 6.45) is 0. The third-order valence-electron chi connectivity index (χ3n) is 8.61. The van der Waals surface area contributed by atoms with Crippen LogP contribution in [0.3, 0.4) is 0 Å². The predicted molar refractivity (Wildman–Crippen MR) is 202 cm³/mol. The van der Waals surface area contributed by atoms with Crippen LogP contribution in [0.4, 0.5) is 20.2 Å². The zero-order chi connectivity index (χ0) is 37.2. The maximum atomic E-state index is 14.1. The SMILES string of the molecule is COCCOCOc1ccc2cc(C(=O)N(C)Cc3cccc(-c4ccc(Nc5ccccc5C(=O)NCc5cc(F)ccc5F)cc4)c3)ccc2c1. The fraction of sp³-hybridized carbons (Fsp3) is 0.163. The Hall–Kier alpha value is -6.10. The first kappa shape index (κ1) is 36.7. The van der Waals surface area contributed by atoms with Crippen molar-refractivity contribution < 1.29 is 32.6 Å². The number of anilines is 2. The van der Waals surface area contributed by atoms with E-state index in [1.54, 1.807) is 37.3 Å². The molecule has 0 atom stereocenters. The normalized spacial score (nSPS) is 10.9. The van der Waals surface area contributed by atoms with Gasteiger partial charge >= 0.3 is 0 Å². The van der Waals surface area contributed by atoms with Gasteiger partial charge in [-0.15, -0.1) is 0 Å². The minimum absolute atomic E-state index is 0.0638. The number of nitrogens with zero attached hydrogens (tertiary/aromatic N) is 1. The minimum atomic E-state index is -0.590. The molecule has 2 amide bonds. The zero-order valence-corrected chi connectivity index (χ0v) is 29.4. The van der Waals surface area contributed by atoms with Crippen LogP contribution >= 0.6 is 0 Å². The molecule has 10 heteroatoms. The Kier molecular flexibility index (Phi) is 12.1. The lowest BCUT2D eigenvalue weighted by molar-refractivity contribution is -0.00841. The van der Waals surface area contributed by atoms with Gasteiger partial charge in [0.25, 0.3) is 11.8 Å². The van der Waals surface area contributed by atoms with Crippen LogP contribution in [-0.2, 0) is 22.6 Å². The largest absolute Gasteiger partial charge is 0.468 e. The van der Waals surface area contributed by atoms with Crippen molar-refractivity contribution in [1.82, 2.24) is 10.2 Å². The number of nitrogens with one attached hydrogen (secondary N) is 2. The molecule has 0 radical (unpaired) electrons. The molecule has 0 fully saturated rings. The Labute approximate surface area is 306 Å². The topological polar surface area (TPSA) is 89.1 Å². The van der Waals surface area contributed by atoms with Crippen molar-refractivity contribution in [3.8, 4) is 16.9 Å². The monoisotopic (exact) mass is 715 g/mol. The van der Waals surface area contributed by atoms with Crippen molar-refractivity contribution in [1.29, 1.82) is 0 Å². The molecule has 6 aromatic rings. The summed E-state index contributed by atoms with van der Waals surface area (Å²) < 4.78 is 43.6. The summed E-state index contributed by atoms with van der Waals surface area (Å²) in [5.74, 6) is -0.991. The summed E-state index contributed by atoms with van der Waals surface area (Å²) in [7, 11) is 3.41. The van der Waals surface area contributed by atoms with E-state index >= 15 is 0 Å². The van der Waals surface area contributed by atoms with Crippen LogP contribution in [0.25, 0.3) is 21.9 Å². The number of fused-ring (bicyclic) bond motifs is 1. The fourth-order valence-corrected chi connectivity index (χ4v) is 5.81. The zero-order valence-electron chi connectivity index (χ0n) is 29.4. The van der Waals surface area contributed by atoms with Crippen LogP contribution in [0.1, 0.15) is 31.8 Å². The molecule has 53 heavy (non-hydrogen) atoms. The first-order chi connectivity index (χ1) is 25.8. The second-order valence-corrected chi connectivity index (χ2v) is 12.4. The Morgan fingerprint density at radius 1 is 0.755 bits per heavy atom. The summed E-state index contributed by atoms with van der Waals surface area (Å²) in [5, 5.41) is 7.85. The van der Waals surface area contributed by atoms with E-state index < -0.39 is 17.5 Å². The van der Waals surface area contributed by atoms with E-state index in [2.05, 4.69) is 16.7 Å². The highest BCUT2D eigenvalue weighted by molar-refractivity contribution is 6.00. The molecule has 0 bridgehead atoms. The lowest BCUT2D eigenvalue weighted by Gasteiger charge is -2.18. The highest BCUT2D eigenvalue weighted by atomic mass is 19.1. The van der Waals surface area contributed by atoms with Gasteiger partial charge in [-0.1, -0.05) is 54.6 Å². The Morgan fingerprint density at radius 2 is 1.55 bits per heavy atom. The molecule has 6 aromatic carbocycles. The lowest BCUT2D eigenvalue weighted by Crippen LogP contribution is -2.26. The number of carbonyl (C=O) groups is 2. The summed E-state index contributed by atoms with van der Waals surface area (Å²) in [6.45, 7) is 1.35. The number of benzene rings is 6. The van der Waals surface area contributed by atoms with Crippen LogP contribution in [0, 0.1) is 11.6 Å². The summed E-state index contributed by atoms with van der Waals surface area (Å²) in [4.78, 5) is 28.1. The number of methoxy groups -OCH3 is 1. The Bertz CT molecular complexity index is 2210. The number of hydrogen-bond acceptors (Lipinski definition) is 6. The highest BCUT2D eigenvalue weighted by Crippen LogP contribution is 2.27. The third kappa shape index (κ3) is 9.62. The molecule has 0 aliphatic rings. The molecule has 270 valence electrons. The van der Waals surface area contributed by atoms with Gasteiger partial charge in [-0.25, -0.2) is 8.78 Å². The van der Waals surface area contributed by atoms with Crippen molar-refractivity contribution in [2.24, 2.45) is 0 Å². The molecule has 6 rings (SSSR count). The Balaban J connectivity index is 1.06. The first-order valence-corrected chi connectivity index (χ1v) is 17.0. The predicted octanol–water partition coefficient (Wildman–Crippen LogP) is 8.73. The van der Waals surface area contributed by atoms with Crippen molar-refractivity contribution in [3.63, 3.8) is 0 Å². The second kappa shape index (κ2) is 17.4. The van der Waals surface area contributed by atoms with Gasteiger partial charge in [-0.2, -0.15) is 0 Å². The van der Waals surface area contributed by atoms with Gasteiger partial charge in [-0.3, -0.25) is 9.59 Å². The van der Waals surface area contributed by atoms with Crippen molar-refractivity contribution in [2.75, 3.05) is 39.5 Å². The molecule has 0 saturated heterocycles. The minimum Gasteiger partial charge on any atom is -0.468 e. The smallest absolute Gasteiger partial charge is 0.253 e. The lowest BCUT2D eigenvalue weighted by atomic mass is 10.0. The third-order valence-corrected chi connectivity index (χ3v) is 8.61. The molecule has 0 unspecified atom stereocenters. The number of rotatable bonds is 15. The van der Waals surface area contributed by atoms with Gasteiger partial charge in [0, 0.05) is 44.1 Å². The average Bonchev–Trinajstić information content (AvgIpc) is 3.18. The molecule has 0 saturated carbocycles. The molecule has 0 aliphatic heterocycles. The van der Waals surface area contributed by atoms with Crippen LogP contribution in [0.5, 0.6) is 5.75 Å². The van der Waals surface area contributed by atoms with Crippen LogP contribution in [-0.4, -0.2) is 50.9 Å². The number of amides is 2. The molecular weight excluding hydrogens is 676 g/mol. The van der Waals surface area contributed by atoms with E-state index in [4.69, 9.17) is 14.2 Å². The number of carbonyl (C=O) groups excluding carboxylic acids is 2. The number of halogens is 2. The fourth-order valence-electron chi connectivity index (χ4n) is 5.81. The van der Waals surface area contributed by atoms with Crippen LogP contribution in [0.15, 0.2) is 127 Å². The number of ether oxygens (including phenoxy) is 3. The van der Waals surface area contributed by atoms with Gasteiger partial charge in [-0.05, 0) is 100 Å². The van der Waals surface area contributed by atoms with Gasteiger partial charge < -0.3 is 29.7 Å². The maximum absolute atomic E-state index is 14.1. The highest BCUT2D eigenvalue weighted by Gasteiger charge is 2.15. The van der Waals surface area contributed by atoms with Gasteiger partial charge in [0.2, 0.25) is 0 Å². The molecule has 8 nitrogen and oxygen atoms in total. The van der Waals surface area contributed by atoms with Gasteiger partial charge in [0.15, 0.2) is 6.79 Å². The molecule has 0 heterocycles. The van der Waals surface area contributed by atoms with Crippen LogP contribution < -0.4 is 15.4 Å². The van der Waals surface area contributed by atoms with Gasteiger partial charge in [0.1, 0.15) is 17.4 Å². The van der Waals surface area contributed by atoms with Crippen molar-refractivity contribution >= 4 is 34.0 Å². The Morgan fingerprint density at radius 3 is 2.38 bits per heavy atom. The van der Waals surface area contributed by atoms with E-state index in [9.17, 15) is 18.4 Å². The van der Waals surface area contributed by atoms with E-state index in [0.29, 0.717) is 42.3 Å². The van der Waals surface area contributed by atoms with Gasteiger partial charge in [0.05, 0.1) is 24.5 Å². The molecule has 2 N–H and O–H groups in total. The molecule has 0 aromatic heterocycles. The van der Waals surface area contributed by atoms with E-state index in [1.807, 2.05) is 84.9 Å². The van der Waals surface area contributed by atoms with E-state index in [-0.39, 0.29) is 24.8 Å². The standard InChI is InChI=1S/C43H39F2N3O5/c1-48(43(50)34-11-10-33-25-38(18-14-32(33)23-34)53-28-52-21-20-51-2)27-29-6-5-7-31(22-29)30-12-16-37(17-13-30)47-41-9-4-3-8-39(41)42(49)46-26-35-24-36(44)15-19-40(35)45/h3-19,22-25,47H,20-21,26-28H2,1-2H3,(H,46,49). The van der Waals surface area contributed by atoms with E-state index in [0.717, 1.165) is 51.3 Å². The van der Waals surface area contributed by atoms with E-state index in [1.165, 1.54) is 0 Å². The summed E-state index contributed by atoms with van der Waals surface area (Å²) in [6, 6.07) is 37.3. The van der Waals surface area contributed by atoms with Crippen LogP contribution in [0.2, 0.25) is 0 Å². The van der Waals surface area contributed by atoms with Crippen molar-refractivity contribution in [2.45, 2.75) is 13.1 Å². The molecule has 0 aliphatic carbocycles.